The zero-order valence-corrected chi connectivity index (χ0v) is 21.8. The van der Waals surface area contributed by atoms with Crippen molar-refractivity contribution in [2.45, 2.75) is 51.5 Å². The second-order valence-electron chi connectivity index (χ2n) is 8.31. The quantitative estimate of drug-likeness (QED) is 0.347. The molecular formula is C25H30FN6W-. The van der Waals surface area contributed by atoms with Gasteiger partial charge in [0.15, 0.2) is 0 Å². The molecule has 1 aliphatic rings. The fourth-order valence-corrected chi connectivity index (χ4v) is 4.03. The molecule has 0 radical (unpaired) electrons. The molecule has 1 aliphatic heterocycles. The summed E-state index contributed by atoms with van der Waals surface area (Å²) in [5, 5.41) is 2.97. The first-order chi connectivity index (χ1) is 15.8. The summed E-state index contributed by atoms with van der Waals surface area (Å²) >= 11 is 0. The molecule has 33 heavy (non-hydrogen) atoms. The first kappa shape index (κ1) is 25.4. The summed E-state index contributed by atoms with van der Waals surface area (Å²) in [5.74, 6) is 0.644. The predicted molar refractivity (Wildman–Crippen MR) is 123 cm³/mol. The molecule has 2 aromatic heterocycles. The van der Waals surface area contributed by atoms with Crippen LogP contribution in [0.3, 0.4) is 0 Å². The van der Waals surface area contributed by atoms with Gasteiger partial charge in [-0.15, -0.1) is 0 Å². The third-order valence-corrected chi connectivity index (χ3v) is 5.86. The number of benzene rings is 1. The van der Waals surface area contributed by atoms with Gasteiger partial charge >= 0.3 is 0 Å². The maximum absolute atomic E-state index is 13.6. The van der Waals surface area contributed by atoms with Crippen LogP contribution in [0.4, 0.5) is 10.2 Å². The second-order valence-corrected chi connectivity index (χ2v) is 8.31. The summed E-state index contributed by atoms with van der Waals surface area (Å²) in [7, 11) is 0. The first-order valence-electron chi connectivity index (χ1n) is 11.5. The average Bonchev–Trinajstić information content (AvgIpc) is 2.84. The number of aromatic nitrogens is 4. The minimum absolute atomic E-state index is 0. The van der Waals surface area contributed by atoms with Gasteiger partial charge in [-0.05, 0) is 75.1 Å². The molecule has 6 nitrogen and oxygen atoms in total. The van der Waals surface area contributed by atoms with Crippen LogP contribution < -0.4 is 5.32 Å². The number of hydrogen-bond donors (Lipinski definition) is 1. The van der Waals surface area contributed by atoms with E-state index in [1.54, 1.807) is 0 Å². The van der Waals surface area contributed by atoms with Crippen molar-refractivity contribution in [3.8, 4) is 0 Å². The van der Waals surface area contributed by atoms with E-state index in [0.29, 0.717) is 6.54 Å². The number of rotatable bonds is 10. The van der Waals surface area contributed by atoms with Gasteiger partial charge in [-0.2, -0.15) is 0 Å². The molecule has 174 valence electrons. The summed E-state index contributed by atoms with van der Waals surface area (Å²) in [5.41, 5.74) is 3.40. The van der Waals surface area contributed by atoms with E-state index >= 15 is 0 Å². The number of aryl methyl sites for hydroxylation is 3. The number of halogens is 1. The normalized spacial score (nSPS) is 14.0. The second kappa shape index (κ2) is 13.5. The molecule has 3 heterocycles. The van der Waals surface area contributed by atoms with E-state index in [2.05, 4.69) is 55.8 Å². The van der Waals surface area contributed by atoms with Crippen LogP contribution in [0.2, 0.25) is 0 Å². The summed E-state index contributed by atoms with van der Waals surface area (Å²) in [6.07, 6.45) is 13.3. The van der Waals surface area contributed by atoms with E-state index in [1.165, 1.54) is 37.9 Å². The molecule has 1 aromatic carbocycles. The molecule has 1 fully saturated rings. The molecule has 0 aliphatic carbocycles. The van der Waals surface area contributed by atoms with E-state index in [4.69, 9.17) is 4.98 Å². The van der Waals surface area contributed by atoms with Crippen LogP contribution in [0.25, 0.3) is 0 Å². The molecule has 8 heteroatoms. The number of piperidine rings is 1. The topological polar surface area (TPSA) is 66.8 Å². The van der Waals surface area contributed by atoms with E-state index in [1.807, 2.05) is 12.3 Å². The molecule has 0 saturated carbocycles. The van der Waals surface area contributed by atoms with Crippen LogP contribution in [0.1, 0.15) is 48.3 Å². The minimum Gasteiger partial charge on any atom is -0.416 e. The van der Waals surface area contributed by atoms with Gasteiger partial charge in [0.05, 0.1) is 11.6 Å². The van der Waals surface area contributed by atoms with Crippen molar-refractivity contribution in [3.05, 3.63) is 77.5 Å². The molecule has 1 saturated heterocycles. The molecule has 0 amide bonds. The van der Waals surface area contributed by atoms with Crippen molar-refractivity contribution in [3.63, 3.8) is 0 Å². The van der Waals surface area contributed by atoms with Crippen molar-refractivity contribution in [2.24, 2.45) is 0 Å². The summed E-state index contributed by atoms with van der Waals surface area (Å²) in [6.45, 7) is 4.13. The van der Waals surface area contributed by atoms with Crippen LogP contribution in [0.5, 0.6) is 0 Å². The van der Waals surface area contributed by atoms with Crippen molar-refractivity contribution in [1.82, 2.24) is 24.8 Å². The standard InChI is InChI=1S/C25H30FN6.W/c26-23-18-27-19-30-25(23)29-17-21-8-6-20(7-9-21)10-11-22-12-13-28-24(31-22)5-4-16-32-14-2-1-3-15-32;/h6-9,12-13,18H,1-5,10-11,14-17H2,(H,27,29,30);/q-1;. The van der Waals surface area contributed by atoms with Crippen LogP contribution in [0, 0.1) is 12.1 Å². The van der Waals surface area contributed by atoms with Crippen molar-refractivity contribution < 1.29 is 25.5 Å². The maximum atomic E-state index is 13.6. The molecule has 4 rings (SSSR count). The van der Waals surface area contributed by atoms with Gasteiger partial charge in [-0.25, -0.2) is 14.4 Å². The Bertz CT molecular complexity index is 979. The van der Waals surface area contributed by atoms with Crippen LogP contribution >= 0.6 is 0 Å². The fourth-order valence-electron chi connectivity index (χ4n) is 4.03. The number of likely N-dealkylation sites (tertiary alicyclic amines) is 1. The average molecular weight is 617 g/mol. The van der Waals surface area contributed by atoms with Gasteiger partial charge in [0.2, 0.25) is 0 Å². The molecule has 0 spiro atoms. The fraction of sp³-hybridized carbons (Fsp3) is 0.440. The third kappa shape index (κ3) is 8.24. The van der Waals surface area contributed by atoms with E-state index in [9.17, 15) is 4.39 Å². The Kier molecular flexibility index (Phi) is 10.4. The molecule has 0 unspecified atom stereocenters. The number of anilines is 1. The predicted octanol–water partition coefficient (Wildman–Crippen LogP) is 4.02. The Balaban J connectivity index is 0.00000306. The summed E-state index contributed by atoms with van der Waals surface area (Å²) < 4.78 is 13.6. The number of nitrogens with one attached hydrogen (secondary N) is 1. The van der Waals surface area contributed by atoms with Gasteiger partial charge in [-0.3, -0.25) is 0 Å². The zero-order valence-electron chi connectivity index (χ0n) is 18.8. The van der Waals surface area contributed by atoms with Crippen LogP contribution in [0.15, 0.2) is 42.7 Å². The van der Waals surface area contributed by atoms with Crippen molar-refractivity contribution in [1.29, 1.82) is 0 Å². The van der Waals surface area contributed by atoms with Gasteiger partial charge in [0, 0.05) is 52.2 Å². The minimum atomic E-state index is -0.476. The third-order valence-electron chi connectivity index (χ3n) is 5.86. The zero-order chi connectivity index (χ0) is 22.0. The molecular weight excluding hydrogens is 587 g/mol. The molecule has 3 aromatic rings. The van der Waals surface area contributed by atoms with Gasteiger partial charge in [-0.1, -0.05) is 30.7 Å². The van der Waals surface area contributed by atoms with E-state index in [0.717, 1.165) is 55.5 Å². The van der Waals surface area contributed by atoms with Gasteiger partial charge in [0.1, 0.15) is 5.82 Å². The largest absolute Gasteiger partial charge is 0.416 e. The Morgan fingerprint density at radius 3 is 2.55 bits per heavy atom. The Labute approximate surface area is 209 Å². The monoisotopic (exact) mass is 617 g/mol. The number of hydrogen-bond acceptors (Lipinski definition) is 6. The molecule has 0 bridgehead atoms. The first-order valence-corrected chi connectivity index (χ1v) is 11.5. The summed E-state index contributed by atoms with van der Waals surface area (Å²) in [6, 6.07) is 10.3. The van der Waals surface area contributed by atoms with Crippen molar-refractivity contribution >= 4 is 5.82 Å². The van der Waals surface area contributed by atoms with E-state index < -0.39 is 5.82 Å². The smallest absolute Gasteiger partial charge is 0.128 e. The van der Waals surface area contributed by atoms with Crippen LogP contribution in [-0.2, 0) is 46.9 Å². The van der Waals surface area contributed by atoms with Gasteiger partial charge in [0.25, 0.3) is 0 Å². The Hall–Kier alpha value is -2.24. The van der Waals surface area contributed by atoms with Crippen LogP contribution in [-0.4, -0.2) is 44.5 Å². The van der Waals surface area contributed by atoms with Gasteiger partial charge < -0.3 is 20.2 Å². The van der Waals surface area contributed by atoms with E-state index in [-0.39, 0.29) is 26.9 Å². The SMILES string of the molecule is Fc1cn[c-]nc1NCc1ccc(CCc2ccnc(CCCN3CCCCC3)n2)cc1.[W]. The number of nitrogens with zero attached hydrogens (tertiary/aromatic N) is 5. The Morgan fingerprint density at radius 2 is 1.76 bits per heavy atom. The molecule has 0 atom stereocenters. The van der Waals surface area contributed by atoms with Crippen molar-refractivity contribution in [2.75, 3.05) is 25.0 Å². The maximum Gasteiger partial charge on any atom is 0.128 e. The Morgan fingerprint density at radius 1 is 0.970 bits per heavy atom. The molecule has 1 N–H and O–H groups in total. The summed E-state index contributed by atoms with van der Waals surface area (Å²) in [4.78, 5) is 19.1.